The molecule has 24 heavy (non-hydrogen) atoms. The fourth-order valence-corrected chi connectivity index (χ4v) is 4.93. The van der Waals surface area contributed by atoms with Gasteiger partial charge in [-0.2, -0.15) is 0 Å². The SMILES string of the molecule is Fc1ccc(C([Se]c2ccccc2)n2nnc3ccccc32)cc1. The number of benzene rings is 3. The van der Waals surface area contributed by atoms with E-state index < -0.39 is 0 Å². The van der Waals surface area contributed by atoms with Crippen LogP contribution < -0.4 is 4.46 Å². The molecule has 5 heteroatoms. The summed E-state index contributed by atoms with van der Waals surface area (Å²) in [4.78, 5) is 0.0212. The standard InChI is InChI=1S/C19H14FN3Se/c20-15-12-10-14(11-13-15)19(24-16-6-2-1-3-7-16)23-18-9-5-4-8-17(18)21-22-23/h1-13,19H. The van der Waals surface area contributed by atoms with Crippen LogP contribution in [0.4, 0.5) is 4.39 Å². The molecule has 4 rings (SSSR count). The number of hydrogen-bond donors (Lipinski definition) is 0. The van der Waals surface area contributed by atoms with Crippen LogP contribution in [0.2, 0.25) is 0 Å². The Morgan fingerprint density at radius 3 is 2.33 bits per heavy atom. The second kappa shape index (κ2) is 6.55. The normalized spacial score (nSPS) is 12.4. The topological polar surface area (TPSA) is 30.7 Å². The molecular weight excluding hydrogens is 368 g/mol. The molecule has 0 amide bonds. The van der Waals surface area contributed by atoms with Crippen molar-refractivity contribution >= 4 is 30.5 Å². The Balaban J connectivity index is 1.82. The zero-order valence-electron chi connectivity index (χ0n) is 12.7. The van der Waals surface area contributed by atoms with Gasteiger partial charge < -0.3 is 0 Å². The molecule has 0 radical (unpaired) electrons. The molecule has 3 aromatic carbocycles. The third-order valence-corrected chi connectivity index (χ3v) is 6.35. The molecule has 1 atom stereocenters. The van der Waals surface area contributed by atoms with E-state index in [4.69, 9.17) is 0 Å². The number of para-hydroxylation sites is 1. The third kappa shape index (κ3) is 2.96. The molecule has 0 fully saturated rings. The van der Waals surface area contributed by atoms with Gasteiger partial charge in [-0.05, 0) is 0 Å². The van der Waals surface area contributed by atoms with Gasteiger partial charge in [0.05, 0.1) is 0 Å². The van der Waals surface area contributed by atoms with Crippen LogP contribution in [-0.2, 0) is 0 Å². The van der Waals surface area contributed by atoms with Gasteiger partial charge in [-0.1, -0.05) is 0 Å². The van der Waals surface area contributed by atoms with Crippen molar-refractivity contribution in [2.75, 3.05) is 0 Å². The van der Waals surface area contributed by atoms with Crippen LogP contribution in [0.5, 0.6) is 0 Å². The molecule has 0 aliphatic heterocycles. The summed E-state index contributed by atoms with van der Waals surface area (Å²) >= 11 is 0.0928. The van der Waals surface area contributed by atoms with Crippen LogP contribution >= 0.6 is 0 Å². The van der Waals surface area contributed by atoms with E-state index in [1.165, 1.54) is 16.6 Å². The van der Waals surface area contributed by atoms with E-state index in [-0.39, 0.29) is 25.7 Å². The molecule has 0 aliphatic rings. The van der Waals surface area contributed by atoms with Gasteiger partial charge in [0.25, 0.3) is 0 Å². The molecule has 0 N–H and O–H groups in total. The predicted octanol–water partition coefficient (Wildman–Crippen LogP) is 3.15. The van der Waals surface area contributed by atoms with Crippen molar-refractivity contribution in [2.24, 2.45) is 0 Å². The fourth-order valence-electron chi connectivity index (χ4n) is 2.57. The minimum atomic E-state index is -0.229. The fraction of sp³-hybridized carbons (Fsp3) is 0.0526. The molecule has 0 saturated carbocycles. The Kier molecular flexibility index (Phi) is 4.11. The number of rotatable bonds is 4. The van der Waals surface area contributed by atoms with Gasteiger partial charge in [-0.3, -0.25) is 0 Å². The van der Waals surface area contributed by atoms with Gasteiger partial charge in [0.1, 0.15) is 0 Å². The first kappa shape index (κ1) is 15.1. The Labute approximate surface area is 145 Å². The maximum atomic E-state index is 13.3. The second-order valence-electron chi connectivity index (χ2n) is 5.36. The Hall–Kier alpha value is -2.49. The molecule has 1 aromatic heterocycles. The molecule has 0 aliphatic carbocycles. The maximum absolute atomic E-state index is 13.3. The van der Waals surface area contributed by atoms with E-state index in [1.807, 2.05) is 59.3 Å². The van der Waals surface area contributed by atoms with Crippen LogP contribution in [0, 0.1) is 5.82 Å². The summed E-state index contributed by atoms with van der Waals surface area (Å²) in [5.74, 6) is -0.229. The quantitative estimate of drug-likeness (QED) is 0.508. The molecule has 3 nitrogen and oxygen atoms in total. The first-order chi connectivity index (χ1) is 11.8. The average molecular weight is 382 g/mol. The van der Waals surface area contributed by atoms with Crippen LogP contribution in [0.1, 0.15) is 10.5 Å². The van der Waals surface area contributed by atoms with Crippen LogP contribution in [0.15, 0.2) is 78.9 Å². The van der Waals surface area contributed by atoms with Gasteiger partial charge in [-0.15, -0.1) is 0 Å². The summed E-state index contributed by atoms with van der Waals surface area (Å²) in [5.41, 5.74) is 2.90. The summed E-state index contributed by atoms with van der Waals surface area (Å²) in [5, 5.41) is 8.65. The summed E-state index contributed by atoms with van der Waals surface area (Å²) in [7, 11) is 0. The van der Waals surface area contributed by atoms with E-state index in [1.54, 1.807) is 0 Å². The second-order valence-corrected chi connectivity index (χ2v) is 7.78. The Morgan fingerprint density at radius 2 is 1.54 bits per heavy atom. The summed E-state index contributed by atoms with van der Waals surface area (Å²) in [6.45, 7) is 0. The van der Waals surface area contributed by atoms with E-state index >= 15 is 0 Å². The van der Waals surface area contributed by atoms with Crippen molar-refractivity contribution in [3.8, 4) is 0 Å². The van der Waals surface area contributed by atoms with Crippen molar-refractivity contribution in [3.63, 3.8) is 0 Å². The van der Waals surface area contributed by atoms with Gasteiger partial charge in [-0.25, -0.2) is 0 Å². The van der Waals surface area contributed by atoms with Crippen LogP contribution in [-0.4, -0.2) is 30.0 Å². The van der Waals surface area contributed by atoms with Gasteiger partial charge in [0, 0.05) is 0 Å². The van der Waals surface area contributed by atoms with E-state index in [9.17, 15) is 4.39 Å². The molecule has 1 heterocycles. The van der Waals surface area contributed by atoms with Crippen LogP contribution in [0.3, 0.4) is 0 Å². The van der Waals surface area contributed by atoms with Gasteiger partial charge in [0.15, 0.2) is 0 Å². The number of fused-ring (bicyclic) bond motifs is 1. The first-order valence-corrected chi connectivity index (χ1v) is 9.43. The van der Waals surface area contributed by atoms with Crippen molar-refractivity contribution in [1.29, 1.82) is 0 Å². The zero-order chi connectivity index (χ0) is 16.4. The number of halogens is 1. The molecule has 118 valence electrons. The molecule has 0 bridgehead atoms. The number of aromatic nitrogens is 3. The summed E-state index contributed by atoms with van der Waals surface area (Å²) < 4.78 is 16.6. The zero-order valence-corrected chi connectivity index (χ0v) is 14.4. The first-order valence-electron chi connectivity index (χ1n) is 7.58. The van der Waals surface area contributed by atoms with Crippen molar-refractivity contribution < 1.29 is 4.39 Å². The van der Waals surface area contributed by atoms with E-state index in [0.717, 1.165) is 16.6 Å². The van der Waals surface area contributed by atoms with Crippen molar-refractivity contribution in [3.05, 3.63) is 90.2 Å². The molecule has 0 saturated heterocycles. The number of nitrogens with zero attached hydrogens (tertiary/aromatic N) is 3. The minimum absolute atomic E-state index is 0.0212. The molecule has 1 unspecified atom stereocenters. The van der Waals surface area contributed by atoms with Crippen molar-refractivity contribution in [1.82, 2.24) is 15.0 Å². The Bertz CT molecular complexity index is 951. The average Bonchev–Trinajstić information content (AvgIpc) is 3.05. The molecule has 0 spiro atoms. The van der Waals surface area contributed by atoms with Gasteiger partial charge >= 0.3 is 145 Å². The predicted molar refractivity (Wildman–Crippen MR) is 93.9 cm³/mol. The van der Waals surface area contributed by atoms with Crippen molar-refractivity contribution in [2.45, 2.75) is 4.94 Å². The van der Waals surface area contributed by atoms with Gasteiger partial charge in [0.2, 0.25) is 0 Å². The number of hydrogen-bond acceptors (Lipinski definition) is 2. The molecule has 4 aromatic rings. The monoisotopic (exact) mass is 383 g/mol. The molecular formula is C19H14FN3Se. The van der Waals surface area contributed by atoms with E-state index in [2.05, 4.69) is 22.4 Å². The Morgan fingerprint density at radius 1 is 0.833 bits per heavy atom. The summed E-state index contributed by atoms with van der Waals surface area (Å²) in [6.07, 6.45) is 0. The third-order valence-electron chi connectivity index (χ3n) is 3.75. The van der Waals surface area contributed by atoms with Crippen LogP contribution in [0.25, 0.3) is 11.0 Å². The van der Waals surface area contributed by atoms with E-state index in [0.29, 0.717) is 0 Å². The summed E-state index contributed by atoms with van der Waals surface area (Å²) in [6, 6.07) is 24.9.